The maximum atomic E-state index is 13.0. The fourth-order valence-electron chi connectivity index (χ4n) is 3.53. The second-order valence-electron chi connectivity index (χ2n) is 6.74. The predicted octanol–water partition coefficient (Wildman–Crippen LogP) is 2.15. The Hall–Kier alpha value is -1.05. The van der Waals surface area contributed by atoms with Gasteiger partial charge in [-0.15, -0.1) is 0 Å². The summed E-state index contributed by atoms with van der Waals surface area (Å²) in [6.07, 6.45) is 6.24. The average molecular weight is 383 g/mol. The van der Waals surface area contributed by atoms with Crippen molar-refractivity contribution in [1.82, 2.24) is 9.21 Å². The summed E-state index contributed by atoms with van der Waals surface area (Å²) in [6, 6.07) is 5.57. The SMILES string of the molecule is CSC(C)C(=O)N1CCN(S(=O)(=O)c2ccc3c(c2)CCCC3)CC1. The van der Waals surface area contributed by atoms with E-state index >= 15 is 0 Å². The van der Waals surface area contributed by atoms with E-state index in [0.29, 0.717) is 31.1 Å². The molecule has 1 aromatic rings. The molecule has 25 heavy (non-hydrogen) atoms. The first-order valence-corrected chi connectivity index (χ1v) is 11.6. The van der Waals surface area contributed by atoms with E-state index in [0.717, 1.165) is 19.3 Å². The molecule has 7 heteroatoms. The van der Waals surface area contributed by atoms with Crippen molar-refractivity contribution < 1.29 is 13.2 Å². The van der Waals surface area contributed by atoms with Gasteiger partial charge in [0, 0.05) is 26.2 Å². The minimum Gasteiger partial charge on any atom is -0.339 e. The molecule has 0 spiro atoms. The highest BCUT2D eigenvalue weighted by molar-refractivity contribution is 7.99. The van der Waals surface area contributed by atoms with E-state index in [-0.39, 0.29) is 11.2 Å². The molecule has 138 valence electrons. The Morgan fingerprint density at radius 1 is 1.08 bits per heavy atom. The summed E-state index contributed by atoms with van der Waals surface area (Å²) in [5.74, 6) is 0.0957. The number of amides is 1. The van der Waals surface area contributed by atoms with Crippen LogP contribution in [0.3, 0.4) is 0 Å². The summed E-state index contributed by atoms with van der Waals surface area (Å²) in [4.78, 5) is 14.4. The second kappa shape index (κ2) is 7.68. The van der Waals surface area contributed by atoms with E-state index in [2.05, 4.69) is 0 Å². The summed E-state index contributed by atoms with van der Waals surface area (Å²) in [7, 11) is -3.48. The van der Waals surface area contributed by atoms with Crippen molar-refractivity contribution in [3.63, 3.8) is 0 Å². The van der Waals surface area contributed by atoms with Gasteiger partial charge in [-0.3, -0.25) is 4.79 Å². The molecule has 1 aliphatic carbocycles. The second-order valence-corrected chi connectivity index (χ2v) is 9.86. The number of aryl methyl sites for hydroxylation is 2. The molecule has 0 radical (unpaired) electrons. The van der Waals surface area contributed by atoms with Crippen LogP contribution in [0.1, 0.15) is 30.9 Å². The van der Waals surface area contributed by atoms with E-state index in [9.17, 15) is 13.2 Å². The lowest BCUT2D eigenvalue weighted by Crippen LogP contribution is -2.52. The Labute approximate surface area is 154 Å². The van der Waals surface area contributed by atoms with Gasteiger partial charge < -0.3 is 4.90 Å². The van der Waals surface area contributed by atoms with Crippen LogP contribution >= 0.6 is 11.8 Å². The van der Waals surface area contributed by atoms with Gasteiger partial charge in [0.05, 0.1) is 10.1 Å². The van der Waals surface area contributed by atoms with Crippen molar-refractivity contribution in [2.24, 2.45) is 0 Å². The first-order chi connectivity index (χ1) is 11.9. The van der Waals surface area contributed by atoms with Gasteiger partial charge in [-0.05, 0) is 62.1 Å². The molecule has 1 atom stereocenters. The molecule has 0 bridgehead atoms. The van der Waals surface area contributed by atoms with Crippen LogP contribution in [0, 0.1) is 0 Å². The van der Waals surface area contributed by atoms with E-state index in [1.807, 2.05) is 25.3 Å². The highest BCUT2D eigenvalue weighted by atomic mass is 32.2. The fourth-order valence-corrected chi connectivity index (χ4v) is 5.35. The third-order valence-electron chi connectivity index (χ3n) is 5.21. The summed E-state index contributed by atoms with van der Waals surface area (Å²) in [5, 5.41) is -0.0798. The zero-order chi connectivity index (χ0) is 18.0. The molecule has 1 fully saturated rings. The van der Waals surface area contributed by atoms with Crippen LogP contribution in [0.25, 0.3) is 0 Å². The summed E-state index contributed by atoms with van der Waals surface area (Å²) < 4.78 is 27.4. The lowest BCUT2D eigenvalue weighted by Gasteiger charge is -2.35. The normalized spacial score (nSPS) is 20.2. The number of carbonyl (C=O) groups is 1. The van der Waals surface area contributed by atoms with Crippen molar-refractivity contribution in [1.29, 1.82) is 0 Å². The van der Waals surface area contributed by atoms with Crippen LogP contribution in [-0.4, -0.2) is 61.2 Å². The Kier molecular flexibility index (Phi) is 5.75. The molecule has 1 saturated heterocycles. The fraction of sp³-hybridized carbons (Fsp3) is 0.611. The molecule has 1 unspecified atom stereocenters. The molecule has 0 aromatic heterocycles. The number of hydrogen-bond acceptors (Lipinski definition) is 4. The van der Waals surface area contributed by atoms with Gasteiger partial charge in [-0.25, -0.2) is 8.42 Å². The summed E-state index contributed by atoms with van der Waals surface area (Å²) in [6.45, 7) is 3.56. The number of fused-ring (bicyclic) bond motifs is 1. The lowest BCUT2D eigenvalue weighted by atomic mass is 9.92. The molecule has 3 rings (SSSR count). The van der Waals surface area contributed by atoms with Crippen LogP contribution in [0.5, 0.6) is 0 Å². The molecule has 1 aromatic carbocycles. The largest absolute Gasteiger partial charge is 0.339 e. The topological polar surface area (TPSA) is 57.7 Å². The smallest absolute Gasteiger partial charge is 0.243 e. The van der Waals surface area contributed by atoms with E-state index in [1.165, 1.54) is 33.6 Å². The predicted molar refractivity (Wildman–Crippen MR) is 101 cm³/mol. The molecular weight excluding hydrogens is 356 g/mol. The highest BCUT2D eigenvalue weighted by Crippen LogP contribution is 2.26. The van der Waals surface area contributed by atoms with Crippen LogP contribution in [0.2, 0.25) is 0 Å². The zero-order valence-corrected chi connectivity index (χ0v) is 16.5. The quantitative estimate of drug-likeness (QED) is 0.801. The monoisotopic (exact) mass is 382 g/mol. The number of piperazine rings is 1. The minimum absolute atomic E-state index is 0.0798. The van der Waals surface area contributed by atoms with Gasteiger partial charge in [0.25, 0.3) is 0 Å². The zero-order valence-electron chi connectivity index (χ0n) is 14.9. The number of rotatable bonds is 4. The molecule has 2 aliphatic rings. The van der Waals surface area contributed by atoms with E-state index in [4.69, 9.17) is 0 Å². The Morgan fingerprint density at radius 2 is 1.72 bits per heavy atom. The minimum atomic E-state index is -3.48. The molecule has 0 N–H and O–H groups in total. The Balaban J connectivity index is 1.71. The molecule has 1 aliphatic heterocycles. The van der Waals surface area contributed by atoms with Crippen molar-refractivity contribution in [3.8, 4) is 0 Å². The number of carbonyl (C=O) groups excluding carboxylic acids is 1. The number of benzene rings is 1. The number of thioether (sulfide) groups is 1. The third kappa shape index (κ3) is 3.88. The maximum Gasteiger partial charge on any atom is 0.243 e. The summed E-state index contributed by atoms with van der Waals surface area (Å²) >= 11 is 1.52. The summed E-state index contributed by atoms with van der Waals surface area (Å²) in [5.41, 5.74) is 2.46. The van der Waals surface area contributed by atoms with Crippen molar-refractivity contribution >= 4 is 27.7 Å². The van der Waals surface area contributed by atoms with E-state index < -0.39 is 10.0 Å². The van der Waals surface area contributed by atoms with Gasteiger partial charge in [0.1, 0.15) is 0 Å². The van der Waals surface area contributed by atoms with Crippen LogP contribution < -0.4 is 0 Å². The number of hydrogen-bond donors (Lipinski definition) is 0. The van der Waals surface area contributed by atoms with Crippen molar-refractivity contribution in [2.45, 2.75) is 42.8 Å². The van der Waals surface area contributed by atoms with Gasteiger partial charge in [0.15, 0.2) is 0 Å². The van der Waals surface area contributed by atoms with Crippen LogP contribution in [0.15, 0.2) is 23.1 Å². The molecule has 1 amide bonds. The first kappa shape index (κ1) is 18.7. The van der Waals surface area contributed by atoms with Gasteiger partial charge >= 0.3 is 0 Å². The third-order valence-corrected chi connectivity index (χ3v) is 8.01. The number of sulfonamides is 1. The van der Waals surface area contributed by atoms with Crippen LogP contribution in [0.4, 0.5) is 0 Å². The molecule has 1 heterocycles. The van der Waals surface area contributed by atoms with Gasteiger partial charge in [-0.2, -0.15) is 16.1 Å². The maximum absolute atomic E-state index is 13.0. The lowest BCUT2D eigenvalue weighted by molar-refractivity contribution is -0.131. The molecule has 5 nitrogen and oxygen atoms in total. The number of nitrogens with zero attached hydrogens (tertiary/aromatic N) is 2. The molecular formula is C18H26N2O3S2. The van der Waals surface area contributed by atoms with Gasteiger partial charge in [-0.1, -0.05) is 6.07 Å². The van der Waals surface area contributed by atoms with Crippen molar-refractivity contribution in [3.05, 3.63) is 29.3 Å². The Bertz CT molecular complexity index is 741. The Morgan fingerprint density at radius 3 is 2.36 bits per heavy atom. The van der Waals surface area contributed by atoms with Crippen LogP contribution in [-0.2, 0) is 27.7 Å². The highest BCUT2D eigenvalue weighted by Gasteiger charge is 2.31. The van der Waals surface area contributed by atoms with Gasteiger partial charge in [0.2, 0.25) is 15.9 Å². The molecule has 0 saturated carbocycles. The first-order valence-electron chi connectivity index (χ1n) is 8.87. The van der Waals surface area contributed by atoms with E-state index in [1.54, 1.807) is 11.0 Å². The standard InChI is InChI=1S/C18H26N2O3S2/c1-14(24-2)18(21)19-9-11-20(12-10-19)25(22,23)17-8-7-15-5-3-4-6-16(15)13-17/h7-8,13-14H,3-6,9-12H2,1-2H3. The average Bonchev–Trinajstić information content (AvgIpc) is 2.66. The van der Waals surface area contributed by atoms with Crippen molar-refractivity contribution in [2.75, 3.05) is 32.4 Å².